The number of hydrogen-bond donors (Lipinski definition) is 6. The SMILES string of the molecule is CCCCCC(O)C(CCCCCCCCCCC(=O)OCCCCCCCCCCOC(=O)CCCCCCCCCCC(O)C(CCCCC)OC(=O)CCNC(=O)O)OC(=O)CCC(N)C(=O)O. The number of esters is 4. The Morgan fingerprint density at radius 1 is 0.408 bits per heavy atom. The lowest BCUT2D eigenvalue weighted by molar-refractivity contribution is -0.157. The van der Waals surface area contributed by atoms with Gasteiger partial charge >= 0.3 is 35.9 Å². The zero-order chi connectivity index (χ0) is 52.6. The smallest absolute Gasteiger partial charge is 0.404 e. The van der Waals surface area contributed by atoms with E-state index in [0.717, 1.165) is 193 Å². The van der Waals surface area contributed by atoms with E-state index in [2.05, 4.69) is 19.2 Å². The predicted octanol–water partition coefficient (Wildman–Crippen LogP) is 11.6. The minimum atomic E-state index is -1.18. The van der Waals surface area contributed by atoms with Gasteiger partial charge in [-0.25, -0.2) is 4.79 Å². The lowest BCUT2D eigenvalue weighted by Gasteiger charge is -2.23. The molecule has 0 heterocycles. The second kappa shape index (κ2) is 48.8. The summed E-state index contributed by atoms with van der Waals surface area (Å²) in [7, 11) is 0. The average Bonchev–Trinajstić information content (AvgIpc) is 3.33. The van der Waals surface area contributed by atoms with Gasteiger partial charge in [-0.05, 0) is 70.6 Å². The van der Waals surface area contributed by atoms with Crippen LogP contribution in [0.25, 0.3) is 0 Å². The second-order valence-electron chi connectivity index (χ2n) is 19.7. The number of carboxylic acids is 1. The van der Waals surface area contributed by atoms with Crippen LogP contribution < -0.4 is 11.1 Å². The first-order valence-corrected chi connectivity index (χ1v) is 28.3. The van der Waals surface area contributed by atoms with Crippen molar-refractivity contribution in [2.24, 2.45) is 5.73 Å². The maximum Gasteiger partial charge on any atom is 0.404 e. The number of ether oxygens (including phenoxy) is 4. The third-order valence-electron chi connectivity index (χ3n) is 13.0. The van der Waals surface area contributed by atoms with Crippen molar-refractivity contribution in [1.29, 1.82) is 0 Å². The molecule has 0 radical (unpaired) electrons. The lowest BCUT2D eigenvalue weighted by atomic mass is 9.99. The molecule has 0 spiro atoms. The number of nitrogens with two attached hydrogens (primary N) is 1. The number of carbonyl (C=O) groups is 6. The van der Waals surface area contributed by atoms with E-state index in [9.17, 15) is 39.0 Å². The molecule has 0 aliphatic rings. The number of hydrogen-bond acceptors (Lipinski definition) is 13. The first-order valence-electron chi connectivity index (χ1n) is 28.3. The molecular formula is C55H102N2O14. The topological polar surface area (TPSA) is 258 Å². The van der Waals surface area contributed by atoms with Gasteiger partial charge in [0.15, 0.2) is 0 Å². The van der Waals surface area contributed by atoms with Gasteiger partial charge in [-0.1, -0.05) is 168 Å². The summed E-state index contributed by atoms with van der Waals surface area (Å²) in [5.41, 5.74) is 5.51. The molecule has 416 valence electrons. The Balaban J connectivity index is 3.73. The van der Waals surface area contributed by atoms with Crippen molar-refractivity contribution >= 4 is 35.9 Å². The third kappa shape index (κ3) is 44.9. The van der Waals surface area contributed by atoms with Crippen LogP contribution in [0.5, 0.6) is 0 Å². The van der Waals surface area contributed by atoms with Crippen LogP contribution in [0.3, 0.4) is 0 Å². The molecule has 0 aromatic carbocycles. The van der Waals surface area contributed by atoms with Crippen molar-refractivity contribution in [2.75, 3.05) is 19.8 Å². The van der Waals surface area contributed by atoms with E-state index < -0.39 is 54.5 Å². The molecule has 0 aliphatic carbocycles. The summed E-state index contributed by atoms with van der Waals surface area (Å²) < 4.78 is 22.0. The zero-order valence-electron chi connectivity index (χ0n) is 44.5. The number of amides is 1. The summed E-state index contributed by atoms with van der Waals surface area (Å²) in [5, 5.41) is 41.2. The van der Waals surface area contributed by atoms with Crippen LogP contribution in [0.1, 0.15) is 264 Å². The maximum atomic E-state index is 12.3. The molecule has 0 saturated carbocycles. The highest BCUT2D eigenvalue weighted by Crippen LogP contribution is 2.21. The van der Waals surface area contributed by atoms with E-state index in [1.54, 1.807) is 0 Å². The number of unbranched alkanes of at least 4 members (excludes halogenated alkanes) is 25. The highest BCUT2D eigenvalue weighted by molar-refractivity contribution is 5.75. The molecule has 1 amide bonds. The molecule has 71 heavy (non-hydrogen) atoms. The van der Waals surface area contributed by atoms with Crippen molar-refractivity contribution in [2.45, 2.75) is 295 Å². The molecule has 0 fully saturated rings. The van der Waals surface area contributed by atoms with E-state index in [0.29, 0.717) is 51.7 Å². The van der Waals surface area contributed by atoms with Crippen molar-refractivity contribution in [1.82, 2.24) is 5.32 Å². The Bertz CT molecular complexity index is 1340. The second-order valence-corrected chi connectivity index (χ2v) is 19.7. The quantitative estimate of drug-likeness (QED) is 0.0188. The first kappa shape index (κ1) is 67.5. The fourth-order valence-electron chi connectivity index (χ4n) is 8.49. The van der Waals surface area contributed by atoms with Gasteiger partial charge in [0, 0.05) is 25.8 Å². The van der Waals surface area contributed by atoms with Gasteiger partial charge in [0.25, 0.3) is 0 Å². The Morgan fingerprint density at radius 3 is 1.14 bits per heavy atom. The lowest BCUT2D eigenvalue weighted by Crippen LogP contribution is -2.33. The number of aliphatic hydroxyl groups is 2. The maximum absolute atomic E-state index is 12.3. The molecule has 5 unspecified atom stereocenters. The number of carboxylic acid groups (broad SMARTS) is 2. The summed E-state index contributed by atoms with van der Waals surface area (Å²) in [5.74, 6) is -2.40. The summed E-state index contributed by atoms with van der Waals surface area (Å²) in [4.78, 5) is 70.3. The third-order valence-corrected chi connectivity index (χ3v) is 13.0. The summed E-state index contributed by atoms with van der Waals surface area (Å²) >= 11 is 0. The minimum Gasteiger partial charge on any atom is -0.480 e. The standard InChI is InChI=1S/C55H102N2O14/c1-3-5-25-33-46(58)49(70-52(62)40-39-45(56)54(64)65)36-28-20-14-8-10-16-22-30-38-51(61)69-44-32-24-18-12-11-17-23-31-43-68-50(60)37-29-21-15-9-7-13-19-27-34-47(59)48(35-26-6-4-2)71-53(63)41-42-57-55(66)67/h45-49,57-59H,3-44,56H2,1-2H3,(H,64,65)(H,66,67). The molecule has 0 aliphatic heterocycles. The molecule has 5 atom stereocenters. The molecule has 0 bridgehead atoms. The Labute approximate surface area is 428 Å². The Kier molecular flexibility index (Phi) is 46.3. The summed E-state index contributed by atoms with van der Waals surface area (Å²) in [6.07, 6.45) is 29.5. The Hall–Kier alpha value is -3.50. The number of rotatable bonds is 52. The van der Waals surface area contributed by atoms with Gasteiger partial charge < -0.3 is 50.4 Å². The van der Waals surface area contributed by atoms with Crippen LogP contribution in [0, 0.1) is 0 Å². The van der Waals surface area contributed by atoms with E-state index in [4.69, 9.17) is 34.9 Å². The van der Waals surface area contributed by atoms with Gasteiger partial charge in [-0.2, -0.15) is 0 Å². The number of carbonyl (C=O) groups excluding carboxylic acids is 4. The van der Waals surface area contributed by atoms with Crippen molar-refractivity contribution in [3.05, 3.63) is 0 Å². The monoisotopic (exact) mass is 1010 g/mol. The van der Waals surface area contributed by atoms with Crippen LogP contribution >= 0.6 is 0 Å². The van der Waals surface area contributed by atoms with Crippen molar-refractivity contribution in [3.8, 4) is 0 Å². The first-order chi connectivity index (χ1) is 34.3. The Morgan fingerprint density at radius 2 is 0.746 bits per heavy atom. The zero-order valence-corrected chi connectivity index (χ0v) is 44.5. The predicted molar refractivity (Wildman–Crippen MR) is 277 cm³/mol. The van der Waals surface area contributed by atoms with Gasteiger partial charge in [0.2, 0.25) is 0 Å². The number of aliphatic carboxylic acids is 1. The fourth-order valence-corrected chi connectivity index (χ4v) is 8.49. The summed E-state index contributed by atoms with van der Waals surface area (Å²) in [6.45, 7) is 5.14. The van der Waals surface area contributed by atoms with Crippen molar-refractivity contribution in [3.63, 3.8) is 0 Å². The molecule has 0 rings (SSSR count). The van der Waals surface area contributed by atoms with E-state index >= 15 is 0 Å². The van der Waals surface area contributed by atoms with E-state index in [1.807, 2.05) is 0 Å². The normalized spacial score (nSPS) is 13.4. The molecule has 16 heteroatoms. The highest BCUT2D eigenvalue weighted by Gasteiger charge is 2.25. The molecule has 16 nitrogen and oxygen atoms in total. The van der Waals surface area contributed by atoms with Gasteiger partial charge in [-0.15, -0.1) is 0 Å². The summed E-state index contributed by atoms with van der Waals surface area (Å²) in [6, 6.07) is -1.11. The number of aliphatic hydroxyl groups excluding tert-OH is 2. The number of nitrogens with one attached hydrogen (secondary N) is 1. The molecule has 7 N–H and O–H groups in total. The van der Waals surface area contributed by atoms with Gasteiger partial charge in [0.1, 0.15) is 18.2 Å². The van der Waals surface area contributed by atoms with Crippen LogP contribution in [0.15, 0.2) is 0 Å². The van der Waals surface area contributed by atoms with Gasteiger partial charge in [-0.3, -0.25) is 24.0 Å². The van der Waals surface area contributed by atoms with Crippen LogP contribution in [0.2, 0.25) is 0 Å². The largest absolute Gasteiger partial charge is 0.480 e. The minimum absolute atomic E-state index is 0.00130. The molecule has 0 saturated heterocycles. The van der Waals surface area contributed by atoms with Crippen molar-refractivity contribution < 1.29 is 68.1 Å². The van der Waals surface area contributed by atoms with Gasteiger partial charge in [0.05, 0.1) is 31.8 Å². The van der Waals surface area contributed by atoms with Crippen LogP contribution in [0.4, 0.5) is 4.79 Å². The molecular weight excluding hydrogens is 913 g/mol. The highest BCUT2D eigenvalue weighted by atomic mass is 16.6. The molecule has 0 aromatic heterocycles. The fraction of sp³-hybridized carbons (Fsp3) is 0.891. The van der Waals surface area contributed by atoms with E-state index in [-0.39, 0.29) is 37.7 Å². The molecule has 0 aromatic rings. The van der Waals surface area contributed by atoms with Crippen LogP contribution in [-0.2, 0) is 42.9 Å². The van der Waals surface area contributed by atoms with E-state index in [1.165, 1.54) is 0 Å². The van der Waals surface area contributed by atoms with Crippen LogP contribution in [-0.4, -0.2) is 107 Å². The average molecular weight is 1020 g/mol.